The van der Waals surface area contributed by atoms with Crippen LogP contribution in [0.1, 0.15) is 17.3 Å². The van der Waals surface area contributed by atoms with Crippen LogP contribution in [0.5, 0.6) is 11.5 Å². The minimum atomic E-state index is -4.16. The summed E-state index contributed by atoms with van der Waals surface area (Å²) in [5.74, 6) is -0.297. The van der Waals surface area contributed by atoms with Gasteiger partial charge in [0.25, 0.3) is 5.91 Å². The van der Waals surface area contributed by atoms with Crippen molar-refractivity contribution in [3.8, 4) is 11.5 Å². The number of nitrogens with one attached hydrogen (secondary N) is 1. The van der Waals surface area contributed by atoms with Crippen molar-refractivity contribution in [2.75, 3.05) is 50.1 Å². The van der Waals surface area contributed by atoms with Gasteiger partial charge in [-0.05, 0) is 49.4 Å². The molecule has 10 heteroatoms. The van der Waals surface area contributed by atoms with Crippen LogP contribution in [0, 0.1) is 5.82 Å². The summed E-state index contributed by atoms with van der Waals surface area (Å²) in [4.78, 5) is 14.4. The van der Waals surface area contributed by atoms with Crippen molar-refractivity contribution in [1.29, 1.82) is 0 Å². The number of para-hydroxylation sites is 4. The maximum absolute atomic E-state index is 14.7. The molecule has 0 unspecified atom stereocenters. The highest BCUT2D eigenvalue weighted by atomic mass is 32.2. The Balaban J connectivity index is 1.52. The van der Waals surface area contributed by atoms with E-state index in [4.69, 9.17) is 9.47 Å². The summed E-state index contributed by atoms with van der Waals surface area (Å²) in [5.41, 5.74) is 1.33. The molecule has 0 saturated carbocycles. The Hall–Kier alpha value is -3.63. The van der Waals surface area contributed by atoms with E-state index in [1.165, 1.54) is 10.4 Å². The van der Waals surface area contributed by atoms with E-state index in [0.717, 1.165) is 17.8 Å². The molecule has 1 amide bonds. The number of benzene rings is 3. The summed E-state index contributed by atoms with van der Waals surface area (Å²) in [6, 6.07) is 17.7. The van der Waals surface area contributed by atoms with Crippen LogP contribution in [0.3, 0.4) is 0 Å². The zero-order chi connectivity index (χ0) is 25.7. The molecule has 0 radical (unpaired) electrons. The van der Waals surface area contributed by atoms with Crippen molar-refractivity contribution in [3.05, 3.63) is 78.1 Å². The number of nitrogens with zero attached hydrogens (tertiary/aromatic N) is 2. The first kappa shape index (κ1) is 25.5. The molecule has 0 aliphatic carbocycles. The third-order valence-electron chi connectivity index (χ3n) is 5.91. The zero-order valence-corrected chi connectivity index (χ0v) is 20.9. The second kappa shape index (κ2) is 11.0. The number of sulfonamides is 1. The van der Waals surface area contributed by atoms with E-state index in [0.29, 0.717) is 36.9 Å². The smallest absolute Gasteiger partial charge is 0.255 e. The standard InChI is InChI=1S/C26H28FN3O5S/c1-3-35-23-10-6-4-8-21(23)28-26(31)19-12-13-20(27)25(18-19)36(32,33)30-16-14-29(15-17-30)22-9-5-7-11-24(22)34-2/h4-13,18H,3,14-17H2,1-2H3,(H,28,31). The second-order valence-corrected chi connectivity index (χ2v) is 10.00. The van der Waals surface area contributed by atoms with Crippen molar-refractivity contribution in [3.63, 3.8) is 0 Å². The number of halogens is 1. The molecule has 0 aromatic heterocycles. The highest BCUT2D eigenvalue weighted by Gasteiger charge is 2.32. The van der Waals surface area contributed by atoms with Crippen LogP contribution < -0.4 is 19.7 Å². The molecule has 4 rings (SSSR count). The molecule has 36 heavy (non-hydrogen) atoms. The number of amides is 1. The van der Waals surface area contributed by atoms with Gasteiger partial charge in [0.05, 0.1) is 25.1 Å². The second-order valence-electron chi connectivity index (χ2n) is 8.09. The van der Waals surface area contributed by atoms with Crippen LogP contribution in [0.4, 0.5) is 15.8 Å². The third-order valence-corrected chi connectivity index (χ3v) is 7.82. The molecule has 0 atom stereocenters. The van der Waals surface area contributed by atoms with Gasteiger partial charge in [-0.1, -0.05) is 24.3 Å². The SMILES string of the molecule is CCOc1ccccc1NC(=O)c1ccc(F)c(S(=O)(=O)N2CCN(c3ccccc3OC)CC2)c1. The Kier molecular flexibility index (Phi) is 7.76. The molecule has 1 heterocycles. The maximum atomic E-state index is 14.7. The molecular formula is C26H28FN3O5S. The number of rotatable bonds is 8. The number of carbonyl (C=O) groups is 1. The van der Waals surface area contributed by atoms with Gasteiger partial charge in [0, 0.05) is 31.7 Å². The lowest BCUT2D eigenvalue weighted by Crippen LogP contribution is -2.48. The minimum absolute atomic E-state index is 0.0222. The number of hydrogen-bond donors (Lipinski definition) is 1. The Labute approximate surface area is 210 Å². The quantitative estimate of drug-likeness (QED) is 0.490. The van der Waals surface area contributed by atoms with Crippen LogP contribution in [0.25, 0.3) is 0 Å². The Morgan fingerprint density at radius 1 is 0.972 bits per heavy atom. The lowest BCUT2D eigenvalue weighted by atomic mass is 10.2. The van der Waals surface area contributed by atoms with Crippen LogP contribution in [0.2, 0.25) is 0 Å². The topological polar surface area (TPSA) is 88.2 Å². The van der Waals surface area contributed by atoms with Crippen molar-refractivity contribution < 1.29 is 27.1 Å². The van der Waals surface area contributed by atoms with E-state index < -0.39 is 26.6 Å². The summed E-state index contributed by atoms with van der Waals surface area (Å²) < 4.78 is 53.6. The average molecular weight is 514 g/mol. The van der Waals surface area contributed by atoms with E-state index in [2.05, 4.69) is 5.32 Å². The van der Waals surface area contributed by atoms with Gasteiger partial charge in [0.2, 0.25) is 10.0 Å². The number of ether oxygens (including phenoxy) is 2. The first-order valence-electron chi connectivity index (χ1n) is 11.6. The maximum Gasteiger partial charge on any atom is 0.255 e. The van der Waals surface area contributed by atoms with Gasteiger partial charge in [0.15, 0.2) is 0 Å². The highest BCUT2D eigenvalue weighted by Crippen LogP contribution is 2.30. The molecule has 1 aliphatic heterocycles. The normalized spacial score (nSPS) is 14.4. The predicted octanol–water partition coefficient (Wildman–Crippen LogP) is 4.00. The summed E-state index contributed by atoms with van der Waals surface area (Å²) >= 11 is 0. The third kappa shape index (κ3) is 5.29. The monoisotopic (exact) mass is 513 g/mol. The van der Waals surface area contributed by atoms with E-state index in [1.807, 2.05) is 36.1 Å². The van der Waals surface area contributed by atoms with Crippen LogP contribution in [-0.4, -0.2) is 58.5 Å². The Bertz CT molecular complexity index is 1340. The van der Waals surface area contributed by atoms with E-state index in [9.17, 15) is 17.6 Å². The number of carbonyl (C=O) groups excluding carboxylic acids is 1. The fourth-order valence-electron chi connectivity index (χ4n) is 4.09. The van der Waals surface area contributed by atoms with Gasteiger partial charge in [0.1, 0.15) is 22.2 Å². The van der Waals surface area contributed by atoms with Gasteiger partial charge >= 0.3 is 0 Å². The van der Waals surface area contributed by atoms with E-state index >= 15 is 0 Å². The lowest BCUT2D eigenvalue weighted by molar-refractivity contribution is 0.102. The number of hydrogen-bond acceptors (Lipinski definition) is 6. The van der Waals surface area contributed by atoms with E-state index in [-0.39, 0.29) is 18.7 Å². The fourth-order valence-corrected chi connectivity index (χ4v) is 5.60. The number of methoxy groups -OCH3 is 1. The molecular weight excluding hydrogens is 485 g/mol. The molecule has 8 nitrogen and oxygen atoms in total. The van der Waals surface area contributed by atoms with Crippen molar-refractivity contribution in [2.45, 2.75) is 11.8 Å². The Morgan fingerprint density at radius 2 is 1.64 bits per heavy atom. The molecule has 0 spiro atoms. The molecule has 3 aromatic rings. The van der Waals surface area contributed by atoms with Gasteiger partial charge < -0.3 is 19.7 Å². The van der Waals surface area contributed by atoms with Crippen LogP contribution >= 0.6 is 0 Å². The average Bonchev–Trinajstić information content (AvgIpc) is 2.90. The van der Waals surface area contributed by atoms with Crippen molar-refractivity contribution >= 4 is 27.3 Å². The van der Waals surface area contributed by atoms with Gasteiger partial charge in [-0.3, -0.25) is 4.79 Å². The lowest BCUT2D eigenvalue weighted by Gasteiger charge is -2.36. The fraction of sp³-hybridized carbons (Fsp3) is 0.269. The highest BCUT2D eigenvalue weighted by molar-refractivity contribution is 7.89. The minimum Gasteiger partial charge on any atom is -0.495 e. The summed E-state index contributed by atoms with van der Waals surface area (Å²) in [6.45, 7) is 3.39. The van der Waals surface area contributed by atoms with Crippen LogP contribution in [0.15, 0.2) is 71.6 Å². The molecule has 1 fully saturated rings. The van der Waals surface area contributed by atoms with Crippen molar-refractivity contribution in [1.82, 2.24) is 4.31 Å². The summed E-state index contributed by atoms with van der Waals surface area (Å²) in [5, 5.41) is 2.71. The number of anilines is 2. The van der Waals surface area contributed by atoms with Crippen molar-refractivity contribution in [2.24, 2.45) is 0 Å². The molecule has 1 aliphatic rings. The van der Waals surface area contributed by atoms with Crippen LogP contribution in [-0.2, 0) is 10.0 Å². The zero-order valence-electron chi connectivity index (χ0n) is 20.1. The van der Waals surface area contributed by atoms with Gasteiger partial charge in [-0.25, -0.2) is 12.8 Å². The van der Waals surface area contributed by atoms with E-state index in [1.54, 1.807) is 31.4 Å². The molecule has 190 valence electrons. The first-order valence-corrected chi connectivity index (χ1v) is 13.0. The largest absolute Gasteiger partial charge is 0.495 e. The first-order chi connectivity index (χ1) is 17.3. The molecule has 1 N–H and O–H groups in total. The van der Waals surface area contributed by atoms with Gasteiger partial charge in [-0.2, -0.15) is 4.31 Å². The molecule has 0 bridgehead atoms. The number of piperazine rings is 1. The molecule has 1 saturated heterocycles. The van der Waals surface area contributed by atoms with Gasteiger partial charge in [-0.15, -0.1) is 0 Å². The Morgan fingerprint density at radius 3 is 2.33 bits per heavy atom. The summed E-state index contributed by atoms with van der Waals surface area (Å²) in [6.07, 6.45) is 0. The summed E-state index contributed by atoms with van der Waals surface area (Å²) in [7, 11) is -2.58. The predicted molar refractivity (Wildman–Crippen MR) is 136 cm³/mol. The molecule has 3 aromatic carbocycles.